The highest BCUT2D eigenvalue weighted by molar-refractivity contribution is 5.50. The van der Waals surface area contributed by atoms with Crippen molar-refractivity contribution in [3.05, 3.63) is 29.6 Å². The lowest BCUT2D eigenvalue weighted by Gasteiger charge is -2.29. The molecule has 1 aromatic carbocycles. The van der Waals surface area contributed by atoms with E-state index in [1.807, 2.05) is 12.1 Å². The molecule has 0 spiro atoms. The number of halogens is 1. The minimum absolute atomic E-state index is 0.144. The summed E-state index contributed by atoms with van der Waals surface area (Å²) in [4.78, 5) is 2.06. The predicted molar refractivity (Wildman–Crippen MR) is 76.0 cm³/mol. The number of anilines is 1. The fourth-order valence-electron chi connectivity index (χ4n) is 2.22. The van der Waals surface area contributed by atoms with E-state index in [0.717, 1.165) is 31.7 Å². The summed E-state index contributed by atoms with van der Waals surface area (Å²) in [6, 6.07) is 5.37. The molecule has 1 saturated heterocycles. The third kappa shape index (κ3) is 4.18. The molecule has 3 nitrogen and oxygen atoms in total. The first kappa shape index (κ1) is 14.3. The van der Waals surface area contributed by atoms with Gasteiger partial charge in [-0.1, -0.05) is 19.9 Å². The maximum Gasteiger partial charge on any atom is 0.146 e. The Morgan fingerprint density at radius 1 is 1.32 bits per heavy atom. The van der Waals surface area contributed by atoms with Crippen LogP contribution >= 0.6 is 0 Å². The zero-order valence-corrected chi connectivity index (χ0v) is 11.8. The van der Waals surface area contributed by atoms with Crippen molar-refractivity contribution in [1.29, 1.82) is 0 Å². The van der Waals surface area contributed by atoms with Gasteiger partial charge in [0.1, 0.15) is 5.82 Å². The van der Waals surface area contributed by atoms with E-state index in [1.54, 1.807) is 6.07 Å². The van der Waals surface area contributed by atoms with Crippen LogP contribution in [0, 0.1) is 11.7 Å². The van der Waals surface area contributed by atoms with Gasteiger partial charge in [0.05, 0.1) is 18.9 Å². The Kier molecular flexibility index (Phi) is 5.16. The summed E-state index contributed by atoms with van der Waals surface area (Å²) in [5.41, 5.74) is 1.83. The van der Waals surface area contributed by atoms with Crippen LogP contribution in [0.3, 0.4) is 0 Å². The summed E-state index contributed by atoms with van der Waals surface area (Å²) in [6.45, 7) is 9.00. The van der Waals surface area contributed by atoms with E-state index in [0.29, 0.717) is 24.8 Å². The van der Waals surface area contributed by atoms with Gasteiger partial charge >= 0.3 is 0 Å². The monoisotopic (exact) mass is 266 g/mol. The molecule has 0 bridgehead atoms. The molecule has 1 aliphatic rings. The van der Waals surface area contributed by atoms with E-state index in [2.05, 4.69) is 24.1 Å². The summed E-state index contributed by atoms with van der Waals surface area (Å²) in [6.07, 6.45) is 0. The van der Waals surface area contributed by atoms with Crippen molar-refractivity contribution >= 4 is 5.69 Å². The number of rotatable bonds is 5. The number of ether oxygens (including phenoxy) is 1. The minimum atomic E-state index is -0.144. The Morgan fingerprint density at radius 3 is 2.74 bits per heavy atom. The van der Waals surface area contributed by atoms with Crippen molar-refractivity contribution in [3.8, 4) is 0 Å². The molecule has 1 heterocycles. The number of benzene rings is 1. The van der Waals surface area contributed by atoms with Gasteiger partial charge in [-0.3, -0.25) is 0 Å². The largest absolute Gasteiger partial charge is 0.378 e. The van der Waals surface area contributed by atoms with Crippen LogP contribution in [0.4, 0.5) is 10.1 Å². The average Bonchev–Trinajstić information content (AvgIpc) is 2.41. The van der Waals surface area contributed by atoms with Crippen LogP contribution in [-0.4, -0.2) is 32.8 Å². The summed E-state index contributed by atoms with van der Waals surface area (Å²) in [5.74, 6) is 0.480. The van der Waals surface area contributed by atoms with E-state index in [1.165, 1.54) is 0 Å². The molecule has 0 aliphatic carbocycles. The lowest BCUT2D eigenvalue weighted by molar-refractivity contribution is 0.122. The molecule has 0 saturated carbocycles. The molecule has 4 heteroatoms. The first-order valence-electron chi connectivity index (χ1n) is 6.98. The van der Waals surface area contributed by atoms with Crippen molar-refractivity contribution in [2.45, 2.75) is 20.4 Å². The van der Waals surface area contributed by atoms with E-state index in [9.17, 15) is 4.39 Å². The number of nitrogens with zero attached hydrogens (tertiary/aromatic N) is 1. The zero-order chi connectivity index (χ0) is 13.7. The number of morpholine rings is 1. The maximum atomic E-state index is 13.9. The summed E-state index contributed by atoms with van der Waals surface area (Å²) in [5, 5.41) is 3.39. The highest BCUT2D eigenvalue weighted by atomic mass is 19.1. The van der Waals surface area contributed by atoms with Gasteiger partial charge in [-0.05, 0) is 30.2 Å². The highest BCUT2D eigenvalue weighted by Crippen LogP contribution is 2.22. The van der Waals surface area contributed by atoms with Gasteiger partial charge in [-0.15, -0.1) is 0 Å². The van der Waals surface area contributed by atoms with E-state index in [4.69, 9.17) is 4.74 Å². The summed E-state index contributed by atoms with van der Waals surface area (Å²) in [7, 11) is 0. The van der Waals surface area contributed by atoms with Crippen LogP contribution < -0.4 is 10.2 Å². The van der Waals surface area contributed by atoms with Crippen LogP contribution in [0.1, 0.15) is 19.4 Å². The highest BCUT2D eigenvalue weighted by Gasteiger charge is 2.15. The Balaban J connectivity index is 2.01. The van der Waals surface area contributed by atoms with Crippen LogP contribution in [0.5, 0.6) is 0 Å². The third-order valence-electron chi connectivity index (χ3n) is 3.24. The summed E-state index contributed by atoms with van der Waals surface area (Å²) >= 11 is 0. The second-order valence-corrected chi connectivity index (χ2v) is 5.41. The van der Waals surface area contributed by atoms with E-state index < -0.39 is 0 Å². The van der Waals surface area contributed by atoms with Crippen LogP contribution in [-0.2, 0) is 11.3 Å². The Hall–Kier alpha value is -1.13. The quantitative estimate of drug-likeness (QED) is 0.885. The second kappa shape index (κ2) is 6.87. The van der Waals surface area contributed by atoms with Gasteiger partial charge in [0.2, 0.25) is 0 Å². The van der Waals surface area contributed by atoms with Gasteiger partial charge < -0.3 is 15.0 Å². The van der Waals surface area contributed by atoms with Gasteiger partial charge in [0.15, 0.2) is 0 Å². The van der Waals surface area contributed by atoms with Crippen molar-refractivity contribution in [2.75, 3.05) is 37.7 Å². The summed E-state index contributed by atoms with van der Waals surface area (Å²) < 4.78 is 19.2. The van der Waals surface area contributed by atoms with Crippen LogP contribution in [0.25, 0.3) is 0 Å². The Labute approximate surface area is 114 Å². The molecule has 1 fully saturated rings. The third-order valence-corrected chi connectivity index (χ3v) is 3.24. The van der Waals surface area contributed by atoms with Gasteiger partial charge in [-0.2, -0.15) is 0 Å². The number of hydrogen-bond acceptors (Lipinski definition) is 3. The minimum Gasteiger partial charge on any atom is -0.378 e. The standard InChI is InChI=1S/C15H23FN2O/c1-12(2)10-17-11-13-3-4-14(16)15(9-13)18-5-7-19-8-6-18/h3-4,9,12,17H,5-8,10-11H2,1-2H3. The molecule has 0 amide bonds. The van der Waals surface area contributed by atoms with Crippen LogP contribution in [0.15, 0.2) is 18.2 Å². The first-order valence-corrected chi connectivity index (χ1v) is 6.98. The maximum absolute atomic E-state index is 13.9. The molecule has 0 unspecified atom stereocenters. The normalized spacial score (nSPS) is 16.1. The van der Waals surface area contributed by atoms with Gasteiger partial charge in [0, 0.05) is 19.6 Å². The molecule has 0 atom stereocenters. The lowest BCUT2D eigenvalue weighted by atomic mass is 10.1. The number of nitrogens with one attached hydrogen (secondary N) is 1. The molecule has 2 rings (SSSR count). The predicted octanol–water partition coefficient (Wildman–Crippen LogP) is 2.41. The SMILES string of the molecule is CC(C)CNCc1ccc(F)c(N2CCOCC2)c1. The smallest absolute Gasteiger partial charge is 0.146 e. The van der Waals surface area contributed by atoms with Crippen molar-refractivity contribution in [1.82, 2.24) is 5.32 Å². The Bertz CT molecular complexity index is 403. The topological polar surface area (TPSA) is 24.5 Å². The average molecular weight is 266 g/mol. The van der Waals surface area contributed by atoms with E-state index in [-0.39, 0.29) is 5.82 Å². The van der Waals surface area contributed by atoms with Gasteiger partial charge in [-0.25, -0.2) is 4.39 Å². The molecule has 1 N–H and O–H groups in total. The molecular weight excluding hydrogens is 243 g/mol. The second-order valence-electron chi connectivity index (χ2n) is 5.41. The lowest BCUT2D eigenvalue weighted by Crippen LogP contribution is -2.36. The van der Waals surface area contributed by atoms with Crippen molar-refractivity contribution in [2.24, 2.45) is 5.92 Å². The molecule has 0 radical (unpaired) electrons. The molecular formula is C15H23FN2O. The van der Waals surface area contributed by atoms with Gasteiger partial charge in [0.25, 0.3) is 0 Å². The molecule has 1 aliphatic heterocycles. The van der Waals surface area contributed by atoms with Crippen LogP contribution in [0.2, 0.25) is 0 Å². The fourth-order valence-corrected chi connectivity index (χ4v) is 2.22. The van der Waals surface area contributed by atoms with E-state index >= 15 is 0 Å². The zero-order valence-electron chi connectivity index (χ0n) is 11.8. The Morgan fingerprint density at radius 2 is 2.05 bits per heavy atom. The molecule has 0 aromatic heterocycles. The fraction of sp³-hybridized carbons (Fsp3) is 0.600. The molecule has 19 heavy (non-hydrogen) atoms. The van der Waals surface area contributed by atoms with Crippen molar-refractivity contribution in [3.63, 3.8) is 0 Å². The molecule has 1 aromatic rings. The first-order chi connectivity index (χ1) is 9.16. The molecule has 106 valence electrons. The number of hydrogen-bond donors (Lipinski definition) is 1. The van der Waals surface area contributed by atoms with Crippen molar-refractivity contribution < 1.29 is 9.13 Å².